The van der Waals surface area contributed by atoms with E-state index in [0.717, 1.165) is 10.9 Å². The molecule has 2 rings (SSSR count). The third-order valence-electron chi connectivity index (χ3n) is 3.49. The molecule has 0 amide bonds. The van der Waals surface area contributed by atoms with Crippen molar-refractivity contribution in [2.24, 2.45) is 10.9 Å². The maximum atomic E-state index is 12.5. The van der Waals surface area contributed by atoms with Crippen molar-refractivity contribution < 1.29 is 13.5 Å². The van der Waals surface area contributed by atoms with Crippen LogP contribution in [0.4, 0.5) is 5.69 Å². The Hall–Kier alpha value is -1.86. The van der Waals surface area contributed by atoms with Crippen LogP contribution in [0.25, 0.3) is 0 Å². The molecular formula is C18H20BrN2O3S-. The second-order valence-electron chi connectivity index (χ2n) is 5.97. The van der Waals surface area contributed by atoms with E-state index < -0.39 is 15.9 Å². The fourth-order valence-electron chi connectivity index (χ4n) is 2.09. The Morgan fingerprint density at radius 2 is 1.80 bits per heavy atom. The number of hydrogen-bond acceptors (Lipinski definition) is 4. The fraction of sp³-hybridized carbons (Fsp3) is 0.278. The van der Waals surface area contributed by atoms with E-state index in [1.165, 1.54) is 12.1 Å². The highest BCUT2D eigenvalue weighted by Gasteiger charge is 2.15. The summed E-state index contributed by atoms with van der Waals surface area (Å²) in [4.78, 5) is 4.15. The highest BCUT2D eigenvalue weighted by Crippen LogP contribution is 2.21. The first-order chi connectivity index (χ1) is 11.8. The molecule has 7 heteroatoms. The lowest BCUT2D eigenvalue weighted by atomic mass is 10.1. The van der Waals surface area contributed by atoms with Gasteiger partial charge in [-0.25, -0.2) is 8.42 Å². The van der Waals surface area contributed by atoms with Gasteiger partial charge in [0.1, 0.15) is 0 Å². The number of rotatable bonds is 7. The summed E-state index contributed by atoms with van der Waals surface area (Å²) in [5.41, 5.74) is 0.468. The third kappa shape index (κ3) is 5.57. The van der Waals surface area contributed by atoms with Crippen LogP contribution in [0.3, 0.4) is 0 Å². The van der Waals surface area contributed by atoms with Crippen LogP contribution in [0.5, 0.6) is 0 Å². The maximum absolute atomic E-state index is 12.5. The lowest BCUT2D eigenvalue weighted by Crippen LogP contribution is -2.23. The second-order valence-corrected chi connectivity index (χ2v) is 8.57. The number of hydrogen-bond donors (Lipinski definition) is 1. The van der Waals surface area contributed by atoms with Crippen LogP contribution < -0.4 is 9.83 Å². The van der Waals surface area contributed by atoms with Gasteiger partial charge in [-0.15, -0.1) is 0 Å². The molecule has 0 unspecified atom stereocenters. The molecule has 0 fully saturated rings. The Kier molecular flexibility index (Phi) is 6.61. The molecule has 0 saturated carbocycles. The average molecular weight is 424 g/mol. The van der Waals surface area contributed by atoms with E-state index in [9.17, 15) is 13.5 Å². The zero-order valence-electron chi connectivity index (χ0n) is 14.1. The lowest BCUT2D eigenvalue weighted by Gasteiger charge is -2.17. The first kappa shape index (κ1) is 19.5. The molecule has 25 heavy (non-hydrogen) atoms. The van der Waals surface area contributed by atoms with Gasteiger partial charge < -0.3 is 10.1 Å². The topological polar surface area (TPSA) is 81.6 Å². The molecule has 1 N–H and O–H groups in total. The predicted octanol–water partition coefficient (Wildman–Crippen LogP) is 3.40. The van der Waals surface area contributed by atoms with Gasteiger partial charge in [0.25, 0.3) is 10.0 Å². The quantitative estimate of drug-likeness (QED) is 0.547. The molecule has 5 nitrogen and oxygen atoms in total. The van der Waals surface area contributed by atoms with Gasteiger partial charge in [-0.3, -0.25) is 4.72 Å². The van der Waals surface area contributed by atoms with E-state index in [4.69, 9.17) is 0 Å². The van der Waals surface area contributed by atoms with Crippen LogP contribution in [0.1, 0.15) is 25.8 Å². The van der Waals surface area contributed by atoms with E-state index in [-0.39, 0.29) is 16.1 Å². The van der Waals surface area contributed by atoms with Crippen molar-refractivity contribution >= 4 is 37.5 Å². The normalized spacial score (nSPS) is 12.4. The van der Waals surface area contributed by atoms with Crippen LogP contribution in [0.2, 0.25) is 0 Å². The van der Waals surface area contributed by atoms with Crippen molar-refractivity contribution in [3.63, 3.8) is 0 Å². The number of halogens is 1. The molecule has 0 radical (unpaired) electrons. The number of anilines is 1. The molecular weight excluding hydrogens is 404 g/mol. The van der Waals surface area contributed by atoms with Crippen LogP contribution in [0, 0.1) is 5.92 Å². The number of para-hydroxylation sites is 1. The van der Waals surface area contributed by atoms with Crippen molar-refractivity contribution in [1.82, 2.24) is 0 Å². The van der Waals surface area contributed by atoms with Gasteiger partial charge in [-0.05, 0) is 48.6 Å². The molecule has 0 aromatic heterocycles. The van der Waals surface area contributed by atoms with Gasteiger partial charge in [-0.2, -0.15) is 0 Å². The van der Waals surface area contributed by atoms with Gasteiger partial charge in [0, 0.05) is 16.6 Å². The number of benzene rings is 2. The average Bonchev–Trinajstić information content (AvgIpc) is 2.55. The zero-order valence-corrected chi connectivity index (χ0v) is 16.5. The van der Waals surface area contributed by atoms with Gasteiger partial charge >= 0.3 is 0 Å². The minimum Gasteiger partial charge on any atom is -0.858 e. The van der Waals surface area contributed by atoms with Gasteiger partial charge in [0.2, 0.25) is 0 Å². The molecule has 0 bridgehead atoms. The summed E-state index contributed by atoms with van der Waals surface area (Å²) < 4.78 is 28.3. The molecule has 0 aliphatic heterocycles. The van der Waals surface area contributed by atoms with Gasteiger partial charge in [0.05, 0.1) is 10.6 Å². The Balaban J connectivity index is 2.27. The largest absolute Gasteiger partial charge is 0.858 e. The minimum atomic E-state index is -3.78. The molecule has 2 aromatic rings. The molecule has 0 saturated heterocycles. The van der Waals surface area contributed by atoms with Crippen LogP contribution in [-0.2, 0) is 10.0 Å². The Bertz CT molecular complexity index is 847. The molecule has 134 valence electrons. The van der Waals surface area contributed by atoms with Crippen molar-refractivity contribution in [2.45, 2.75) is 25.2 Å². The standard InChI is InChI=1S/C18H21BrN2O3S/c1-13(2)11-12-20-18(22)16-5-3-4-6-17(16)21-25(23,24)15-9-7-14(19)8-10-15/h3-10,13,21H,11-12H2,1-2H3,(H,20,22)/p-1. The lowest BCUT2D eigenvalue weighted by molar-refractivity contribution is -0.213. The molecule has 0 aliphatic rings. The number of nitrogens with one attached hydrogen (secondary N) is 1. The summed E-state index contributed by atoms with van der Waals surface area (Å²) in [5.74, 6) is 0.0254. The van der Waals surface area contributed by atoms with Crippen LogP contribution in [-0.4, -0.2) is 20.9 Å². The van der Waals surface area contributed by atoms with Crippen molar-refractivity contribution in [3.05, 3.63) is 58.6 Å². The summed E-state index contributed by atoms with van der Waals surface area (Å²) in [6, 6.07) is 12.8. The zero-order chi connectivity index (χ0) is 18.4. The smallest absolute Gasteiger partial charge is 0.261 e. The molecule has 0 spiro atoms. The first-order valence-electron chi connectivity index (χ1n) is 7.89. The molecule has 2 aromatic carbocycles. The summed E-state index contributed by atoms with van der Waals surface area (Å²) >= 11 is 3.27. The van der Waals surface area contributed by atoms with E-state index in [0.29, 0.717) is 12.5 Å². The van der Waals surface area contributed by atoms with E-state index in [1.807, 2.05) is 0 Å². The second kappa shape index (κ2) is 8.49. The molecule has 0 aliphatic carbocycles. The third-order valence-corrected chi connectivity index (χ3v) is 5.40. The molecule has 0 heterocycles. The Morgan fingerprint density at radius 3 is 2.44 bits per heavy atom. The van der Waals surface area contributed by atoms with Crippen molar-refractivity contribution in [1.29, 1.82) is 0 Å². The van der Waals surface area contributed by atoms with E-state index in [1.54, 1.807) is 36.4 Å². The summed E-state index contributed by atoms with van der Waals surface area (Å²) in [6.45, 7) is 4.53. The Labute approximate surface area is 157 Å². The fourth-order valence-corrected chi connectivity index (χ4v) is 3.43. The summed E-state index contributed by atoms with van der Waals surface area (Å²) in [5, 5.41) is 12.3. The van der Waals surface area contributed by atoms with Crippen molar-refractivity contribution in [2.75, 3.05) is 11.3 Å². The van der Waals surface area contributed by atoms with Crippen molar-refractivity contribution in [3.8, 4) is 0 Å². The number of sulfonamides is 1. The monoisotopic (exact) mass is 423 g/mol. The van der Waals surface area contributed by atoms with Gasteiger partial charge in [-0.1, -0.05) is 48.0 Å². The number of aliphatic imine (C=N–C) groups is 1. The Morgan fingerprint density at radius 1 is 1.16 bits per heavy atom. The van der Waals surface area contributed by atoms with Gasteiger partial charge in [0.15, 0.2) is 0 Å². The molecule has 0 atom stereocenters. The van der Waals surface area contributed by atoms with Crippen LogP contribution >= 0.6 is 15.9 Å². The highest BCUT2D eigenvalue weighted by molar-refractivity contribution is 9.10. The SMILES string of the molecule is CC(C)CCN=C([O-])c1ccccc1NS(=O)(=O)c1ccc(Br)cc1. The summed E-state index contributed by atoms with van der Waals surface area (Å²) in [7, 11) is -3.78. The first-order valence-corrected chi connectivity index (χ1v) is 10.2. The predicted molar refractivity (Wildman–Crippen MR) is 102 cm³/mol. The highest BCUT2D eigenvalue weighted by atomic mass is 79.9. The number of nitrogens with zero attached hydrogens (tertiary/aromatic N) is 1. The summed E-state index contributed by atoms with van der Waals surface area (Å²) in [6.07, 6.45) is 0.804. The minimum absolute atomic E-state index is 0.120. The van der Waals surface area contributed by atoms with E-state index >= 15 is 0 Å². The van der Waals surface area contributed by atoms with Crippen LogP contribution in [0.15, 0.2) is 62.9 Å². The maximum Gasteiger partial charge on any atom is 0.261 e. The van der Waals surface area contributed by atoms with E-state index in [2.05, 4.69) is 39.5 Å².